The average Bonchev–Trinajstić information content (AvgIpc) is 3.37. The minimum Gasteiger partial charge on any atom is -0.462 e. The van der Waals surface area contributed by atoms with Gasteiger partial charge in [0.2, 0.25) is 12.7 Å². The molecule has 188 valence electrons. The first-order valence-corrected chi connectivity index (χ1v) is 11.5. The monoisotopic (exact) mass is 502 g/mol. The molecule has 37 heavy (non-hydrogen) atoms. The molecule has 0 spiro atoms. The van der Waals surface area contributed by atoms with E-state index in [9.17, 15) is 19.2 Å². The van der Waals surface area contributed by atoms with Gasteiger partial charge in [0, 0.05) is 11.9 Å². The summed E-state index contributed by atoms with van der Waals surface area (Å²) in [4.78, 5) is 55.4. The summed E-state index contributed by atoms with van der Waals surface area (Å²) in [6.45, 7) is 1.67. The number of carbonyl (C=O) groups is 2. The molecule has 0 radical (unpaired) electrons. The molecule has 0 fully saturated rings. The number of fused-ring (bicyclic) bond motifs is 2. The lowest BCUT2D eigenvalue weighted by Crippen LogP contribution is -2.42. The minimum atomic E-state index is -0.657. The third kappa shape index (κ3) is 4.79. The van der Waals surface area contributed by atoms with Crippen molar-refractivity contribution in [2.75, 3.05) is 18.7 Å². The van der Waals surface area contributed by atoms with Gasteiger partial charge in [0.1, 0.15) is 6.54 Å². The number of carbonyl (C=O) groups excluding carboxylic acids is 2. The molecule has 0 bridgehead atoms. The molecule has 1 N–H and O–H groups in total. The van der Waals surface area contributed by atoms with Crippen LogP contribution in [-0.4, -0.2) is 39.4 Å². The first-order chi connectivity index (χ1) is 17.9. The van der Waals surface area contributed by atoms with Crippen LogP contribution in [0.3, 0.4) is 0 Å². The molecule has 0 unspecified atom stereocenters. The maximum Gasteiger partial charge on any atom is 0.338 e. The Bertz CT molecular complexity index is 1620. The molecule has 0 saturated carbocycles. The van der Waals surface area contributed by atoms with Crippen LogP contribution < -0.4 is 26.0 Å². The van der Waals surface area contributed by atoms with Crippen molar-refractivity contribution >= 4 is 28.6 Å². The summed E-state index contributed by atoms with van der Waals surface area (Å²) in [5.41, 5.74) is 0.518. The lowest BCUT2D eigenvalue weighted by atomic mass is 10.2. The zero-order valence-electron chi connectivity index (χ0n) is 19.8. The van der Waals surface area contributed by atoms with Crippen molar-refractivity contribution in [1.29, 1.82) is 0 Å². The number of benzene rings is 2. The summed E-state index contributed by atoms with van der Waals surface area (Å²) in [7, 11) is 0. The zero-order chi connectivity index (χ0) is 25.9. The summed E-state index contributed by atoms with van der Waals surface area (Å²) in [5, 5.41) is 2.70. The standard InChI is InChI=1S/C26H22N4O7/c1-2-35-25(33)17-6-8-18(9-7-17)28-22(31)14-29-19-4-3-11-27-23(19)24(32)30(26(29)34)13-16-5-10-20-21(12-16)37-15-36-20/h3-12H,2,13-15H2,1H3,(H,28,31). The van der Waals surface area contributed by atoms with Crippen molar-refractivity contribution < 1.29 is 23.8 Å². The quantitative estimate of drug-likeness (QED) is 0.381. The highest BCUT2D eigenvalue weighted by Gasteiger charge is 2.19. The highest BCUT2D eigenvalue weighted by atomic mass is 16.7. The predicted molar refractivity (Wildman–Crippen MR) is 133 cm³/mol. The van der Waals surface area contributed by atoms with Gasteiger partial charge in [0.15, 0.2) is 17.0 Å². The molecule has 2 aromatic carbocycles. The van der Waals surface area contributed by atoms with Gasteiger partial charge < -0.3 is 19.5 Å². The Morgan fingerprint density at radius 1 is 1.03 bits per heavy atom. The third-order valence-electron chi connectivity index (χ3n) is 5.75. The van der Waals surface area contributed by atoms with Crippen LogP contribution in [0.1, 0.15) is 22.8 Å². The van der Waals surface area contributed by atoms with Crippen LogP contribution in [0.4, 0.5) is 5.69 Å². The van der Waals surface area contributed by atoms with Crippen molar-refractivity contribution in [3.8, 4) is 11.5 Å². The number of rotatable bonds is 7. The van der Waals surface area contributed by atoms with E-state index in [-0.39, 0.29) is 37.5 Å². The zero-order valence-corrected chi connectivity index (χ0v) is 19.8. The number of hydrogen-bond donors (Lipinski definition) is 1. The van der Waals surface area contributed by atoms with Crippen LogP contribution >= 0.6 is 0 Å². The molecule has 4 aromatic rings. The van der Waals surface area contributed by atoms with E-state index in [4.69, 9.17) is 14.2 Å². The highest BCUT2D eigenvalue weighted by molar-refractivity contribution is 5.93. The number of ether oxygens (including phenoxy) is 3. The minimum absolute atomic E-state index is 0.0439. The van der Waals surface area contributed by atoms with E-state index in [0.29, 0.717) is 28.3 Å². The second-order valence-electron chi connectivity index (χ2n) is 8.16. The van der Waals surface area contributed by atoms with Crippen LogP contribution in [-0.2, 0) is 22.6 Å². The fourth-order valence-electron chi connectivity index (χ4n) is 4.01. The maximum atomic E-state index is 13.4. The van der Waals surface area contributed by atoms with Crippen molar-refractivity contribution in [3.05, 3.63) is 92.8 Å². The number of nitrogens with one attached hydrogen (secondary N) is 1. The number of esters is 1. The van der Waals surface area contributed by atoms with E-state index in [2.05, 4.69) is 10.3 Å². The maximum absolute atomic E-state index is 13.4. The molecule has 1 amide bonds. The Balaban J connectivity index is 1.44. The molecule has 11 heteroatoms. The molecule has 3 heterocycles. The van der Waals surface area contributed by atoms with Gasteiger partial charge in [-0.25, -0.2) is 14.6 Å². The van der Waals surface area contributed by atoms with Gasteiger partial charge in [-0.05, 0) is 61.0 Å². The van der Waals surface area contributed by atoms with Crippen LogP contribution in [0.15, 0.2) is 70.4 Å². The Morgan fingerprint density at radius 3 is 2.59 bits per heavy atom. The fraction of sp³-hybridized carbons (Fsp3) is 0.192. The molecule has 11 nitrogen and oxygen atoms in total. The van der Waals surface area contributed by atoms with Gasteiger partial charge in [-0.3, -0.25) is 18.7 Å². The number of anilines is 1. The smallest absolute Gasteiger partial charge is 0.338 e. The fourth-order valence-corrected chi connectivity index (χ4v) is 4.01. The second-order valence-corrected chi connectivity index (χ2v) is 8.16. The second kappa shape index (κ2) is 9.97. The largest absolute Gasteiger partial charge is 0.462 e. The van der Waals surface area contributed by atoms with E-state index in [1.807, 2.05) is 0 Å². The van der Waals surface area contributed by atoms with Crippen LogP contribution in [0.25, 0.3) is 11.0 Å². The van der Waals surface area contributed by atoms with Crippen molar-refractivity contribution in [2.45, 2.75) is 20.0 Å². The van der Waals surface area contributed by atoms with Gasteiger partial charge in [0.25, 0.3) is 5.56 Å². The summed E-state index contributed by atoms with van der Waals surface area (Å²) in [6.07, 6.45) is 1.45. The molecule has 2 aromatic heterocycles. The molecule has 1 aliphatic heterocycles. The molecule has 5 rings (SSSR count). The molecule has 1 aliphatic rings. The Hall–Kier alpha value is -4.93. The number of pyridine rings is 1. The summed E-state index contributed by atoms with van der Waals surface area (Å²) < 4.78 is 17.9. The van der Waals surface area contributed by atoms with Crippen LogP contribution in [0, 0.1) is 0 Å². The Labute approximate surface area is 209 Å². The molecular weight excluding hydrogens is 480 g/mol. The van der Waals surface area contributed by atoms with E-state index in [0.717, 1.165) is 4.57 Å². The summed E-state index contributed by atoms with van der Waals surface area (Å²) in [5.74, 6) is 0.152. The van der Waals surface area contributed by atoms with Gasteiger partial charge in [-0.15, -0.1) is 0 Å². The summed E-state index contributed by atoms with van der Waals surface area (Å²) >= 11 is 0. The number of aromatic nitrogens is 3. The Morgan fingerprint density at radius 2 is 1.81 bits per heavy atom. The van der Waals surface area contributed by atoms with Crippen LogP contribution in [0.2, 0.25) is 0 Å². The van der Waals surface area contributed by atoms with E-state index < -0.39 is 23.1 Å². The molecule has 0 saturated heterocycles. The van der Waals surface area contributed by atoms with Crippen molar-refractivity contribution in [1.82, 2.24) is 14.1 Å². The Kier molecular flexibility index (Phi) is 6.42. The molecule has 0 atom stereocenters. The number of nitrogens with zero attached hydrogens (tertiary/aromatic N) is 3. The predicted octanol–water partition coefficient (Wildman–Crippen LogP) is 2.15. The third-order valence-corrected chi connectivity index (χ3v) is 5.75. The lowest BCUT2D eigenvalue weighted by molar-refractivity contribution is -0.116. The topological polar surface area (TPSA) is 131 Å². The number of amides is 1. The average molecular weight is 502 g/mol. The SMILES string of the molecule is CCOC(=O)c1ccc(NC(=O)Cn2c(=O)n(Cc3ccc4c(c3)OCO4)c(=O)c3ncccc32)cc1. The van der Waals surface area contributed by atoms with Crippen molar-refractivity contribution in [2.24, 2.45) is 0 Å². The van der Waals surface area contributed by atoms with Crippen molar-refractivity contribution in [3.63, 3.8) is 0 Å². The van der Waals surface area contributed by atoms with Gasteiger partial charge >= 0.3 is 11.7 Å². The van der Waals surface area contributed by atoms with E-state index in [1.54, 1.807) is 49.4 Å². The van der Waals surface area contributed by atoms with Gasteiger partial charge in [-0.1, -0.05) is 6.07 Å². The van der Waals surface area contributed by atoms with Gasteiger partial charge in [-0.2, -0.15) is 0 Å². The highest BCUT2D eigenvalue weighted by Crippen LogP contribution is 2.32. The lowest BCUT2D eigenvalue weighted by Gasteiger charge is -2.14. The normalized spacial score (nSPS) is 11.9. The molecular formula is C26H22N4O7. The first-order valence-electron chi connectivity index (χ1n) is 11.5. The van der Waals surface area contributed by atoms with E-state index >= 15 is 0 Å². The summed E-state index contributed by atoms with van der Waals surface area (Å²) in [6, 6.07) is 14.5. The first kappa shape index (κ1) is 23.8. The number of hydrogen-bond acceptors (Lipinski definition) is 8. The molecule has 0 aliphatic carbocycles. The van der Waals surface area contributed by atoms with E-state index in [1.165, 1.54) is 22.9 Å². The van der Waals surface area contributed by atoms with Crippen LogP contribution in [0.5, 0.6) is 11.5 Å². The van der Waals surface area contributed by atoms with Gasteiger partial charge in [0.05, 0.1) is 24.2 Å².